The van der Waals surface area contributed by atoms with E-state index in [2.05, 4.69) is 45.3 Å². The highest BCUT2D eigenvalue weighted by molar-refractivity contribution is 9.10. The Labute approximate surface area is 137 Å². The number of ether oxygens (including phenoxy) is 2. The topological polar surface area (TPSA) is 43.4 Å². The van der Waals surface area contributed by atoms with Crippen LogP contribution in [-0.4, -0.2) is 25.2 Å². The number of nitrogens with one attached hydrogen (secondary N) is 1. The zero-order chi connectivity index (χ0) is 15.1. The molecule has 1 aromatic heterocycles. The fraction of sp³-hybridized carbons (Fsp3) is 0.400. The minimum absolute atomic E-state index is 0.554. The van der Waals surface area contributed by atoms with Crippen LogP contribution in [0.2, 0.25) is 0 Å². The SMILES string of the molecule is COCCNCc1cc(Br)cc(C)c1OCc1cncs1. The molecule has 0 amide bonds. The van der Waals surface area contributed by atoms with Crippen molar-refractivity contribution in [2.24, 2.45) is 0 Å². The largest absolute Gasteiger partial charge is 0.487 e. The Hall–Kier alpha value is -0.950. The van der Waals surface area contributed by atoms with Crippen molar-refractivity contribution in [2.75, 3.05) is 20.3 Å². The first-order valence-electron chi connectivity index (χ1n) is 6.69. The predicted octanol–water partition coefficient (Wildman–Crippen LogP) is 3.53. The molecule has 0 radical (unpaired) electrons. The van der Waals surface area contributed by atoms with E-state index in [-0.39, 0.29) is 0 Å². The van der Waals surface area contributed by atoms with E-state index in [0.29, 0.717) is 13.2 Å². The number of thiazole rings is 1. The highest BCUT2D eigenvalue weighted by Gasteiger charge is 2.10. The second-order valence-electron chi connectivity index (χ2n) is 4.64. The third-order valence-electron chi connectivity index (χ3n) is 2.96. The van der Waals surface area contributed by atoms with Crippen LogP contribution in [0.3, 0.4) is 0 Å². The Morgan fingerprint density at radius 3 is 2.95 bits per heavy atom. The number of rotatable bonds is 8. The third-order valence-corrected chi connectivity index (χ3v) is 4.17. The Balaban J connectivity index is 2.06. The number of aryl methyl sites for hydroxylation is 1. The van der Waals surface area contributed by atoms with E-state index in [1.807, 2.05) is 11.7 Å². The minimum atomic E-state index is 0.554. The number of benzene rings is 1. The summed E-state index contributed by atoms with van der Waals surface area (Å²) in [5, 5.41) is 3.36. The summed E-state index contributed by atoms with van der Waals surface area (Å²) in [6.07, 6.45) is 1.84. The Bertz CT molecular complexity index is 561. The maximum absolute atomic E-state index is 6.00. The average Bonchev–Trinajstić information content (AvgIpc) is 2.95. The molecular weight excluding hydrogens is 352 g/mol. The van der Waals surface area contributed by atoms with Gasteiger partial charge in [-0.25, -0.2) is 0 Å². The van der Waals surface area contributed by atoms with Gasteiger partial charge in [0.25, 0.3) is 0 Å². The van der Waals surface area contributed by atoms with Crippen LogP contribution in [-0.2, 0) is 17.9 Å². The standard InChI is InChI=1S/C15H19BrN2O2S/c1-11-5-13(16)6-12(7-17-3-4-19-2)15(11)20-9-14-8-18-10-21-14/h5-6,8,10,17H,3-4,7,9H2,1-2H3. The molecule has 6 heteroatoms. The van der Waals surface area contributed by atoms with Gasteiger partial charge in [0, 0.05) is 36.4 Å². The molecular formula is C15H19BrN2O2S. The maximum Gasteiger partial charge on any atom is 0.127 e. The van der Waals surface area contributed by atoms with E-state index in [1.165, 1.54) is 0 Å². The first-order valence-corrected chi connectivity index (χ1v) is 8.37. The van der Waals surface area contributed by atoms with Gasteiger partial charge in [0.1, 0.15) is 12.4 Å². The third kappa shape index (κ3) is 5.07. The van der Waals surface area contributed by atoms with Crippen molar-refractivity contribution in [3.63, 3.8) is 0 Å². The lowest BCUT2D eigenvalue weighted by atomic mass is 10.1. The Kier molecular flexibility index (Phi) is 6.63. The van der Waals surface area contributed by atoms with E-state index >= 15 is 0 Å². The molecule has 0 fully saturated rings. The first kappa shape index (κ1) is 16.4. The number of methoxy groups -OCH3 is 1. The van der Waals surface area contributed by atoms with Crippen molar-refractivity contribution in [1.29, 1.82) is 0 Å². The number of hydrogen-bond donors (Lipinski definition) is 1. The molecule has 4 nitrogen and oxygen atoms in total. The number of hydrogen-bond acceptors (Lipinski definition) is 5. The van der Waals surface area contributed by atoms with E-state index in [4.69, 9.17) is 9.47 Å². The van der Waals surface area contributed by atoms with Gasteiger partial charge in [-0.2, -0.15) is 0 Å². The Morgan fingerprint density at radius 2 is 2.24 bits per heavy atom. The smallest absolute Gasteiger partial charge is 0.127 e. The van der Waals surface area contributed by atoms with Gasteiger partial charge < -0.3 is 14.8 Å². The van der Waals surface area contributed by atoms with Gasteiger partial charge in [-0.1, -0.05) is 15.9 Å². The van der Waals surface area contributed by atoms with Crippen molar-refractivity contribution >= 4 is 27.3 Å². The summed E-state index contributed by atoms with van der Waals surface area (Å²) < 4.78 is 12.1. The van der Waals surface area contributed by atoms with Crippen LogP contribution in [0.15, 0.2) is 28.3 Å². The molecule has 1 aromatic carbocycles. The van der Waals surface area contributed by atoms with Crippen molar-refractivity contribution in [1.82, 2.24) is 10.3 Å². The lowest BCUT2D eigenvalue weighted by Crippen LogP contribution is -2.19. The van der Waals surface area contributed by atoms with Gasteiger partial charge in [-0.3, -0.25) is 4.98 Å². The van der Waals surface area contributed by atoms with E-state index in [1.54, 1.807) is 18.4 Å². The van der Waals surface area contributed by atoms with Crippen LogP contribution in [0, 0.1) is 6.92 Å². The normalized spacial score (nSPS) is 10.8. The summed E-state index contributed by atoms with van der Waals surface area (Å²) >= 11 is 5.15. The van der Waals surface area contributed by atoms with E-state index in [0.717, 1.165) is 39.3 Å². The van der Waals surface area contributed by atoms with Gasteiger partial charge >= 0.3 is 0 Å². The maximum atomic E-state index is 6.00. The zero-order valence-corrected chi connectivity index (χ0v) is 14.6. The molecule has 21 heavy (non-hydrogen) atoms. The highest BCUT2D eigenvalue weighted by atomic mass is 79.9. The molecule has 1 heterocycles. The summed E-state index contributed by atoms with van der Waals surface area (Å²) in [7, 11) is 1.70. The summed E-state index contributed by atoms with van der Waals surface area (Å²) in [5.41, 5.74) is 4.08. The summed E-state index contributed by atoms with van der Waals surface area (Å²) in [5.74, 6) is 0.941. The van der Waals surface area contributed by atoms with Gasteiger partial charge in [0.2, 0.25) is 0 Å². The fourth-order valence-corrected chi connectivity index (χ4v) is 3.12. The second-order valence-corrected chi connectivity index (χ2v) is 6.52. The van der Waals surface area contributed by atoms with Gasteiger partial charge in [0.05, 0.1) is 17.0 Å². The summed E-state index contributed by atoms with van der Waals surface area (Å²) in [4.78, 5) is 5.19. The fourth-order valence-electron chi connectivity index (χ4n) is 1.99. The van der Waals surface area contributed by atoms with Crippen LogP contribution in [0.4, 0.5) is 0 Å². The van der Waals surface area contributed by atoms with E-state index < -0.39 is 0 Å². The van der Waals surface area contributed by atoms with Gasteiger partial charge in [0.15, 0.2) is 0 Å². The van der Waals surface area contributed by atoms with Crippen LogP contribution in [0.25, 0.3) is 0 Å². The van der Waals surface area contributed by atoms with Crippen molar-refractivity contribution in [2.45, 2.75) is 20.1 Å². The van der Waals surface area contributed by atoms with Crippen LogP contribution in [0.1, 0.15) is 16.0 Å². The molecule has 0 aliphatic rings. The molecule has 0 bridgehead atoms. The molecule has 2 rings (SSSR count). The molecule has 0 saturated carbocycles. The highest BCUT2D eigenvalue weighted by Crippen LogP contribution is 2.29. The van der Waals surface area contributed by atoms with Crippen LogP contribution < -0.4 is 10.1 Å². The predicted molar refractivity (Wildman–Crippen MR) is 88.9 cm³/mol. The lowest BCUT2D eigenvalue weighted by molar-refractivity contribution is 0.199. The molecule has 0 saturated heterocycles. The molecule has 0 unspecified atom stereocenters. The van der Waals surface area contributed by atoms with Crippen molar-refractivity contribution < 1.29 is 9.47 Å². The van der Waals surface area contributed by atoms with E-state index in [9.17, 15) is 0 Å². The molecule has 2 aromatic rings. The molecule has 114 valence electrons. The van der Waals surface area contributed by atoms with Crippen molar-refractivity contribution in [3.05, 3.63) is 44.3 Å². The summed E-state index contributed by atoms with van der Waals surface area (Å²) in [6.45, 7) is 4.88. The van der Waals surface area contributed by atoms with Crippen LogP contribution >= 0.6 is 27.3 Å². The number of nitrogens with zero attached hydrogens (tertiary/aromatic N) is 1. The minimum Gasteiger partial charge on any atom is -0.487 e. The zero-order valence-electron chi connectivity index (χ0n) is 12.2. The second kappa shape index (κ2) is 8.48. The Morgan fingerprint density at radius 1 is 1.38 bits per heavy atom. The lowest BCUT2D eigenvalue weighted by Gasteiger charge is -2.15. The van der Waals surface area contributed by atoms with Gasteiger partial charge in [-0.15, -0.1) is 11.3 Å². The molecule has 0 aliphatic carbocycles. The quantitative estimate of drug-likeness (QED) is 0.721. The molecule has 0 atom stereocenters. The number of halogens is 1. The number of aromatic nitrogens is 1. The monoisotopic (exact) mass is 370 g/mol. The molecule has 0 aliphatic heterocycles. The molecule has 1 N–H and O–H groups in total. The average molecular weight is 371 g/mol. The molecule has 0 spiro atoms. The first-order chi connectivity index (χ1) is 10.2. The van der Waals surface area contributed by atoms with Crippen LogP contribution in [0.5, 0.6) is 5.75 Å². The van der Waals surface area contributed by atoms with Crippen molar-refractivity contribution in [3.8, 4) is 5.75 Å². The van der Waals surface area contributed by atoms with Gasteiger partial charge in [-0.05, 0) is 24.6 Å². The summed E-state index contributed by atoms with van der Waals surface area (Å²) in [6, 6.07) is 4.16.